The number of piperidine rings is 1. The fourth-order valence-electron chi connectivity index (χ4n) is 3.64. The van der Waals surface area contributed by atoms with Gasteiger partial charge in [0.05, 0.1) is 17.5 Å². The fraction of sp³-hybridized carbons (Fsp3) is 0.421. The van der Waals surface area contributed by atoms with E-state index in [0.717, 1.165) is 19.0 Å². The highest BCUT2D eigenvalue weighted by molar-refractivity contribution is 7.90. The second-order valence-electron chi connectivity index (χ2n) is 7.04. The summed E-state index contributed by atoms with van der Waals surface area (Å²) in [5.74, 6) is 1.24. The molecule has 1 fully saturated rings. The Morgan fingerprint density at radius 2 is 2.00 bits per heavy atom. The third-order valence-electron chi connectivity index (χ3n) is 5.22. The summed E-state index contributed by atoms with van der Waals surface area (Å²) in [5.41, 5.74) is 0.671. The van der Waals surface area contributed by atoms with Gasteiger partial charge in [0, 0.05) is 10.4 Å². The highest BCUT2D eigenvalue weighted by Gasteiger charge is 2.31. The van der Waals surface area contributed by atoms with E-state index in [4.69, 9.17) is 4.99 Å². The van der Waals surface area contributed by atoms with Gasteiger partial charge >= 0.3 is 0 Å². The first-order chi connectivity index (χ1) is 12.5. The first-order valence-electron chi connectivity index (χ1n) is 8.99. The molecule has 2 aromatic rings. The number of amidine groups is 1. The van der Waals surface area contributed by atoms with Gasteiger partial charge in [-0.1, -0.05) is 25.1 Å². The molecular formula is C19H23N3O2S2. The topological polar surface area (TPSA) is 61.8 Å². The summed E-state index contributed by atoms with van der Waals surface area (Å²) in [4.78, 5) is 8.80. The number of benzene rings is 1. The van der Waals surface area contributed by atoms with Crippen molar-refractivity contribution in [1.29, 1.82) is 0 Å². The van der Waals surface area contributed by atoms with Crippen LogP contribution in [0.1, 0.15) is 36.2 Å². The van der Waals surface area contributed by atoms with Crippen LogP contribution in [-0.4, -0.2) is 38.8 Å². The predicted molar refractivity (Wildman–Crippen MR) is 105 cm³/mol. The maximum absolute atomic E-state index is 12.3. The highest BCUT2D eigenvalue weighted by atomic mass is 32.2. The molecule has 0 amide bonds. The average Bonchev–Trinajstić information content (AvgIpc) is 3.24. The van der Waals surface area contributed by atoms with E-state index in [1.54, 1.807) is 23.5 Å². The Hall–Kier alpha value is -1.70. The normalized spacial score (nSPS) is 22.9. The van der Waals surface area contributed by atoms with Crippen LogP contribution >= 0.6 is 11.3 Å². The Morgan fingerprint density at radius 1 is 1.23 bits per heavy atom. The number of nitrogens with one attached hydrogen (secondary N) is 1. The van der Waals surface area contributed by atoms with Crippen LogP contribution in [0.5, 0.6) is 0 Å². The summed E-state index contributed by atoms with van der Waals surface area (Å²) >= 11 is 1.74. The van der Waals surface area contributed by atoms with E-state index in [-0.39, 0.29) is 6.04 Å². The lowest BCUT2D eigenvalue weighted by atomic mass is 9.97. The molecule has 0 radical (unpaired) electrons. The quantitative estimate of drug-likeness (QED) is 0.873. The number of fused-ring (bicyclic) bond motifs is 1. The van der Waals surface area contributed by atoms with Gasteiger partial charge in [0.25, 0.3) is 10.0 Å². The molecule has 1 aromatic heterocycles. The first kappa shape index (κ1) is 17.7. The van der Waals surface area contributed by atoms with Crippen LogP contribution in [0.15, 0.2) is 51.7 Å². The lowest BCUT2D eigenvalue weighted by molar-refractivity contribution is 0.143. The lowest BCUT2D eigenvalue weighted by Gasteiger charge is -2.35. The molecule has 2 aliphatic rings. The van der Waals surface area contributed by atoms with E-state index >= 15 is 0 Å². The van der Waals surface area contributed by atoms with Gasteiger partial charge in [-0.2, -0.15) is 0 Å². The van der Waals surface area contributed by atoms with Crippen molar-refractivity contribution in [2.24, 2.45) is 10.9 Å². The number of nitrogens with zero attached hydrogens (tertiary/aromatic N) is 2. The molecule has 1 N–H and O–H groups in total. The second-order valence-corrected chi connectivity index (χ2v) is 9.67. The van der Waals surface area contributed by atoms with Gasteiger partial charge in [-0.15, -0.1) is 11.3 Å². The van der Waals surface area contributed by atoms with Crippen LogP contribution in [0.4, 0.5) is 0 Å². The van der Waals surface area contributed by atoms with Crippen molar-refractivity contribution in [1.82, 2.24) is 9.62 Å². The zero-order valence-corrected chi connectivity index (χ0v) is 16.4. The third-order valence-corrected chi connectivity index (χ3v) is 7.59. The van der Waals surface area contributed by atoms with Crippen molar-refractivity contribution in [3.05, 3.63) is 52.2 Å². The number of hydrogen-bond acceptors (Lipinski definition) is 5. The Balaban J connectivity index is 1.60. The van der Waals surface area contributed by atoms with E-state index < -0.39 is 10.0 Å². The van der Waals surface area contributed by atoms with Crippen molar-refractivity contribution in [3.8, 4) is 0 Å². The third kappa shape index (κ3) is 3.43. The molecule has 1 aromatic carbocycles. The number of thiophene rings is 1. The molecule has 1 unspecified atom stereocenters. The van der Waals surface area contributed by atoms with Crippen molar-refractivity contribution < 1.29 is 8.42 Å². The molecule has 2 aliphatic heterocycles. The minimum absolute atomic E-state index is 0.201. The SMILES string of the molecule is CC1CCN(C(CN=C2NS(=O)(=O)c3ccccc32)c2cccs2)CC1. The molecule has 138 valence electrons. The van der Waals surface area contributed by atoms with E-state index in [2.05, 4.69) is 34.1 Å². The van der Waals surface area contributed by atoms with Crippen LogP contribution in [0.2, 0.25) is 0 Å². The minimum Gasteiger partial charge on any atom is -0.294 e. The molecule has 5 nitrogen and oxygen atoms in total. The summed E-state index contributed by atoms with van der Waals surface area (Å²) < 4.78 is 27.2. The van der Waals surface area contributed by atoms with Crippen LogP contribution in [0.25, 0.3) is 0 Å². The van der Waals surface area contributed by atoms with Crippen LogP contribution < -0.4 is 4.72 Å². The van der Waals surface area contributed by atoms with Crippen LogP contribution in [-0.2, 0) is 10.0 Å². The molecular weight excluding hydrogens is 366 g/mol. The van der Waals surface area contributed by atoms with Gasteiger partial charge < -0.3 is 0 Å². The molecule has 3 heterocycles. The maximum Gasteiger partial charge on any atom is 0.263 e. The Labute approximate surface area is 158 Å². The van der Waals surface area contributed by atoms with Crippen molar-refractivity contribution >= 4 is 27.2 Å². The number of rotatable bonds is 4. The van der Waals surface area contributed by atoms with E-state index in [1.165, 1.54) is 17.7 Å². The lowest BCUT2D eigenvalue weighted by Crippen LogP contribution is -2.37. The van der Waals surface area contributed by atoms with Crippen molar-refractivity contribution in [2.45, 2.75) is 30.7 Å². The molecule has 0 bridgehead atoms. The molecule has 0 spiro atoms. The summed E-state index contributed by atoms with van der Waals surface area (Å²) in [6, 6.07) is 11.5. The Bertz CT molecular complexity index is 899. The Kier molecular flexibility index (Phi) is 4.86. The van der Waals surface area contributed by atoms with Crippen LogP contribution in [0.3, 0.4) is 0 Å². The van der Waals surface area contributed by atoms with Gasteiger partial charge in [0.2, 0.25) is 0 Å². The van der Waals surface area contributed by atoms with E-state index in [0.29, 0.717) is 22.8 Å². The van der Waals surface area contributed by atoms with Gasteiger partial charge in [-0.05, 0) is 55.4 Å². The summed E-state index contributed by atoms with van der Waals surface area (Å²) in [6.45, 7) is 5.00. The summed E-state index contributed by atoms with van der Waals surface area (Å²) in [6.07, 6.45) is 2.40. The summed E-state index contributed by atoms with van der Waals surface area (Å²) in [7, 11) is -3.48. The number of likely N-dealkylation sites (tertiary alicyclic amines) is 1. The molecule has 1 saturated heterocycles. The average molecular weight is 390 g/mol. The zero-order valence-electron chi connectivity index (χ0n) is 14.8. The molecule has 26 heavy (non-hydrogen) atoms. The van der Waals surface area contributed by atoms with E-state index in [1.807, 2.05) is 12.1 Å². The van der Waals surface area contributed by atoms with Gasteiger partial charge in [-0.25, -0.2) is 8.42 Å². The van der Waals surface area contributed by atoms with Gasteiger partial charge in [-0.3, -0.25) is 14.6 Å². The van der Waals surface area contributed by atoms with E-state index in [9.17, 15) is 8.42 Å². The number of aliphatic imine (C=N–C) groups is 1. The smallest absolute Gasteiger partial charge is 0.263 e. The monoisotopic (exact) mass is 389 g/mol. The number of sulfonamides is 1. The van der Waals surface area contributed by atoms with Gasteiger partial charge in [0.1, 0.15) is 5.84 Å². The molecule has 1 atom stereocenters. The minimum atomic E-state index is -3.48. The first-order valence-corrected chi connectivity index (χ1v) is 11.3. The predicted octanol–water partition coefficient (Wildman–Crippen LogP) is 3.26. The molecule has 0 aliphatic carbocycles. The highest BCUT2D eigenvalue weighted by Crippen LogP contribution is 2.30. The second kappa shape index (κ2) is 7.13. The fourth-order valence-corrected chi connectivity index (χ4v) is 5.74. The Morgan fingerprint density at radius 3 is 2.73 bits per heavy atom. The maximum atomic E-state index is 12.3. The number of hydrogen-bond donors (Lipinski definition) is 1. The zero-order chi connectivity index (χ0) is 18.1. The van der Waals surface area contributed by atoms with Gasteiger partial charge in [0.15, 0.2) is 0 Å². The summed E-state index contributed by atoms with van der Waals surface area (Å²) in [5, 5.41) is 2.09. The largest absolute Gasteiger partial charge is 0.294 e. The molecule has 0 saturated carbocycles. The molecule has 4 rings (SSSR count). The van der Waals surface area contributed by atoms with Crippen LogP contribution in [0, 0.1) is 5.92 Å². The molecule has 7 heteroatoms. The standard InChI is InChI=1S/C19H23N3O2S2/c1-14-8-10-22(11-9-14)16(17-6-4-12-25-17)13-20-19-15-5-2-3-7-18(15)26(23,24)21-19/h2-7,12,14,16H,8-11,13H2,1H3,(H,20,21). The van der Waals surface area contributed by atoms with Crippen molar-refractivity contribution in [2.75, 3.05) is 19.6 Å². The van der Waals surface area contributed by atoms with Crippen molar-refractivity contribution in [3.63, 3.8) is 0 Å².